The molecule has 3 atom stereocenters. The fourth-order valence-electron chi connectivity index (χ4n) is 4.16. The largest absolute Gasteiger partial charge is 0.506 e. The van der Waals surface area contributed by atoms with E-state index in [4.69, 9.17) is 4.74 Å². The predicted molar refractivity (Wildman–Crippen MR) is 93.7 cm³/mol. The number of halogens is 2. The normalized spacial score (nSPS) is 24.7. The summed E-state index contributed by atoms with van der Waals surface area (Å²) in [5.41, 5.74) is 0.340. The van der Waals surface area contributed by atoms with Gasteiger partial charge < -0.3 is 9.84 Å². The van der Waals surface area contributed by atoms with Crippen molar-refractivity contribution in [1.29, 1.82) is 0 Å². The van der Waals surface area contributed by atoms with E-state index in [-0.39, 0.29) is 29.9 Å². The molecule has 5 nitrogen and oxygen atoms in total. The Morgan fingerprint density at radius 1 is 1.19 bits per heavy atom. The zero-order valence-corrected chi connectivity index (χ0v) is 14.6. The molecule has 27 heavy (non-hydrogen) atoms. The van der Waals surface area contributed by atoms with Crippen LogP contribution in [0, 0.1) is 23.5 Å². The Morgan fingerprint density at radius 3 is 2.59 bits per heavy atom. The first-order valence-corrected chi connectivity index (χ1v) is 9.01. The second-order valence-electron chi connectivity index (χ2n) is 7.30. The molecule has 1 aliphatic heterocycles. The molecule has 2 fully saturated rings. The van der Waals surface area contributed by atoms with E-state index in [9.17, 15) is 18.7 Å². The van der Waals surface area contributed by atoms with E-state index in [0.717, 1.165) is 32.0 Å². The van der Waals surface area contributed by atoms with Gasteiger partial charge in [0.1, 0.15) is 11.4 Å². The minimum absolute atomic E-state index is 0.0306. The summed E-state index contributed by atoms with van der Waals surface area (Å²) in [6.07, 6.45) is 2.67. The number of rotatable bonds is 5. The van der Waals surface area contributed by atoms with Crippen LogP contribution in [0.1, 0.15) is 23.3 Å². The number of carbonyl (C=O) groups excluding carboxylic acids is 1. The molecule has 1 saturated heterocycles. The van der Waals surface area contributed by atoms with Gasteiger partial charge in [-0.2, -0.15) is 4.39 Å². The van der Waals surface area contributed by atoms with Gasteiger partial charge in [0.05, 0.1) is 18.8 Å². The van der Waals surface area contributed by atoms with Crippen LogP contribution in [0.3, 0.4) is 0 Å². The first-order valence-electron chi connectivity index (χ1n) is 9.01. The van der Waals surface area contributed by atoms with E-state index < -0.39 is 11.6 Å². The van der Waals surface area contributed by atoms with E-state index >= 15 is 0 Å². The lowest BCUT2D eigenvalue weighted by Crippen LogP contribution is -2.30. The van der Waals surface area contributed by atoms with Crippen LogP contribution in [-0.4, -0.2) is 46.5 Å². The highest BCUT2D eigenvalue weighted by Gasteiger charge is 2.42. The third-order valence-electron chi connectivity index (χ3n) is 5.39. The number of hydrogen-bond donors (Lipinski definition) is 1. The molecule has 1 aromatic heterocycles. The fraction of sp³-hybridized carbons (Fsp3) is 0.400. The lowest BCUT2D eigenvalue weighted by Gasteiger charge is -2.19. The van der Waals surface area contributed by atoms with E-state index in [1.807, 2.05) is 0 Å². The molecule has 1 aromatic carbocycles. The molecule has 1 aliphatic carbocycles. The molecule has 142 valence electrons. The second kappa shape index (κ2) is 7.23. The van der Waals surface area contributed by atoms with Crippen LogP contribution in [0.5, 0.6) is 11.5 Å². The summed E-state index contributed by atoms with van der Waals surface area (Å²) in [7, 11) is 0. The number of Topliss-reactive ketones (excluding diaryl/α,β-unsaturated/α-hetero) is 1. The van der Waals surface area contributed by atoms with Gasteiger partial charge in [-0.3, -0.25) is 9.69 Å². The molecule has 0 radical (unpaired) electrons. The third kappa shape index (κ3) is 3.78. The molecule has 0 unspecified atom stereocenters. The van der Waals surface area contributed by atoms with Crippen LogP contribution in [0.25, 0.3) is 0 Å². The Morgan fingerprint density at radius 2 is 1.93 bits per heavy atom. The Hall–Kier alpha value is -2.54. The van der Waals surface area contributed by atoms with Gasteiger partial charge in [0.15, 0.2) is 17.3 Å². The quantitative estimate of drug-likeness (QED) is 0.815. The maximum atomic E-state index is 13.8. The summed E-state index contributed by atoms with van der Waals surface area (Å²) in [5.74, 6) is -1.17. The molecule has 2 heterocycles. The van der Waals surface area contributed by atoms with Gasteiger partial charge in [-0.25, -0.2) is 9.37 Å². The van der Waals surface area contributed by atoms with Crippen LogP contribution < -0.4 is 4.74 Å². The average molecular weight is 374 g/mol. The molecule has 0 amide bonds. The molecule has 2 aliphatic rings. The Kier molecular flexibility index (Phi) is 4.78. The number of benzene rings is 1. The van der Waals surface area contributed by atoms with Crippen molar-refractivity contribution >= 4 is 5.78 Å². The monoisotopic (exact) mass is 374 g/mol. The number of ether oxygens (including phenoxy) is 1. The van der Waals surface area contributed by atoms with Crippen molar-refractivity contribution in [3.8, 4) is 11.5 Å². The first kappa shape index (κ1) is 17.9. The van der Waals surface area contributed by atoms with Gasteiger partial charge in [0.2, 0.25) is 5.82 Å². The average Bonchev–Trinajstić information content (AvgIpc) is 3.17. The van der Waals surface area contributed by atoms with E-state index in [1.165, 1.54) is 30.5 Å². The number of nitrogens with zero attached hydrogens (tertiary/aromatic N) is 2. The van der Waals surface area contributed by atoms with Crippen molar-refractivity contribution in [1.82, 2.24) is 9.88 Å². The molecule has 1 N–H and O–H groups in total. The lowest BCUT2D eigenvalue weighted by atomic mass is 10.0. The summed E-state index contributed by atoms with van der Waals surface area (Å²) in [5, 5.41) is 9.25. The SMILES string of the molecule is O=C(CN1C[C@H]2C[C@@H](Oc3cccc(F)c3F)C[C@H]2C1)c1ccc(O)cn1. The van der Waals surface area contributed by atoms with Crippen molar-refractivity contribution in [3.05, 3.63) is 53.9 Å². The number of carbonyl (C=O) groups is 1. The van der Waals surface area contributed by atoms with Crippen LogP contribution in [-0.2, 0) is 0 Å². The molecule has 4 rings (SSSR count). The minimum atomic E-state index is -0.941. The first-order chi connectivity index (χ1) is 13.0. The number of aromatic nitrogens is 1. The Bertz CT molecular complexity index is 830. The number of pyridine rings is 1. The highest BCUT2D eigenvalue weighted by Crippen LogP contribution is 2.40. The highest BCUT2D eigenvalue weighted by molar-refractivity contribution is 5.95. The molecule has 1 saturated carbocycles. The topological polar surface area (TPSA) is 62.7 Å². The summed E-state index contributed by atoms with van der Waals surface area (Å²) < 4.78 is 32.8. The van der Waals surface area contributed by atoms with E-state index in [2.05, 4.69) is 9.88 Å². The third-order valence-corrected chi connectivity index (χ3v) is 5.39. The summed E-state index contributed by atoms with van der Waals surface area (Å²) in [4.78, 5) is 18.4. The Labute approximate surface area is 155 Å². The van der Waals surface area contributed by atoms with Crippen molar-refractivity contribution in [2.75, 3.05) is 19.6 Å². The van der Waals surface area contributed by atoms with Gasteiger partial charge in [-0.05, 0) is 48.9 Å². The van der Waals surface area contributed by atoms with Crippen LogP contribution in [0.2, 0.25) is 0 Å². The summed E-state index contributed by atoms with van der Waals surface area (Å²) >= 11 is 0. The number of hydrogen-bond acceptors (Lipinski definition) is 5. The molecule has 7 heteroatoms. The maximum absolute atomic E-state index is 13.8. The number of fused-ring (bicyclic) bond motifs is 1. The smallest absolute Gasteiger partial charge is 0.200 e. The molecule has 0 spiro atoms. The highest BCUT2D eigenvalue weighted by atomic mass is 19.2. The zero-order valence-electron chi connectivity index (χ0n) is 14.6. The van der Waals surface area contributed by atoms with Gasteiger partial charge >= 0.3 is 0 Å². The van der Waals surface area contributed by atoms with E-state index in [0.29, 0.717) is 17.5 Å². The Balaban J connectivity index is 1.31. The van der Waals surface area contributed by atoms with Gasteiger partial charge in [-0.1, -0.05) is 6.07 Å². The minimum Gasteiger partial charge on any atom is -0.506 e. The number of aromatic hydroxyl groups is 1. The van der Waals surface area contributed by atoms with Gasteiger partial charge in [0.25, 0.3) is 0 Å². The van der Waals surface area contributed by atoms with Crippen LogP contribution in [0.15, 0.2) is 36.5 Å². The number of ketones is 1. The second-order valence-corrected chi connectivity index (χ2v) is 7.30. The van der Waals surface area contributed by atoms with Gasteiger partial charge in [-0.15, -0.1) is 0 Å². The standard InChI is InChI=1S/C20H20F2N2O3/c21-16-2-1-3-19(20(16)22)27-15-6-12-9-24(10-13(12)7-15)11-18(26)17-5-4-14(25)8-23-17/h1-5,8,12-13,15,25H,6-7,9-11H2/t12-,13+,15-. The van der Waals surface area contributed by atoms with Crippen molar-refractivity contribution in [2.45, 2.75) is 18.9 Å². The molecule has 0 bridgehead atoms. The maximum Gasteiger partial charge on any atom is 0.200 e. The molecular formula is C20H20F2N2O3. The van der Waals surface area contributed by atoms with E-state index in [1.54, 1.807) is 0 Å². The van der Waals surface area contributed by atoms with Crippen molar-refractivity contribution in [2.24, 2.45) is 11.8 Å². The summed E-state index contributed by atoms with van der Waals surface area (Å²) in [6, 6.07) is 6.93. The van der Waals surface area contributed by atoms with Crippen LogP contribution >= 0.6 is 0 Å². The molecule has 2 aromatic rings. The molecular weight excluding hydrogens is 354 g/mol. The predicted octanol–water partition coefficient (Wildman–Crippen LogP) is 3.04. The number of likely N-dealkylation sites (tertiary alicyclic amines) is 1. The summed E-state index contributed by atoms with van der Waals surface area (Å²) in [6.45, 7) is 1.84. The van der Waals surface area contributed by atoms with Crippen molar-refractivity contribution in [3.63, 3.8) is 0 Å². The zero-order chi connectivity index (χ0) is 19.0. The fourth-order valence-corrected chi connectivity index (χ4v) is 4.16. The van der Waals surface area contributed by atoms with Gasteiger partial charge in [0, 0.05) is 13.1 Å². The van der Waals surface area contributed by atoms with Crippen LogP contribution in [0.4, 0.5) is 8.78 Å². The van der Waals surface area contributed by atoms with Crippen molar-refractivity contribution < 1.29 is 23.4 Å². The lowest BCUT2D eigenvalue weighted by molar-refractivity contribution is 0.0931.